The summed E-state index contributed by atoms with van der Waals surface area (Å²) in [5.74, 6) is 0.380. The van der Waals surface area contributed by atoms with E-state index in [1.54, 1.807) is 16.8 Å². The highest BCUT2D eigenvalue weighted by Gasteiger charge is 2.02. The van der Waals surface area contributed by atoms with Crippen molar-refractivity contribution in [2.24, 2.45) is 7.05 Å². The number of hydrogen-bond acceptors (Lipinski definition) is 2. The molecule has 2 aromatic rings. The average molecular weight is 220 g/mol. The van der Waals surface area contributed by atoms with Gasteiger partial charge < -0.3 is 4.74 Å². The highest BCUT2D eigenvalue weighted by Crippen LogP contribution is 2.13. The average Bonchev–Trinajstić information content (AvgIpc) is 2.58. The van der Waals surface area contributed by atoms with Crippen molar-refractivity contribution in [3.05, 3.63) is 47.5 Å². The molecule has 1 heterocycles. The molecule has 0 amide bonds. The third-order valence-corrected chi connectivity index (χ3v) is 2.36. The predicted octanol–water partition coefficient (Wildman–Crippen LogP) is 2.45. The fraction of sp³-hybridized carbons (Fsp3) is 0.250. The maximum absolute atomic E-state index is 12.6. The first-order valence-corrected chi connectivity index (χ1v) is 5.03. The van der Waals surface area contributed by atoms with Crippen molar-refractivity contribution in [3.8, 4) is 5.75 Å². The Hall–Kier alpha value is -1.84. The molecule has 0 unspecified atom stereocenters. The van der Waals surface area contributed by atoms with Crippen LogP contribution in [-0.2, 0) is 13.7 Å². The molecule has 1 aromatic heterocycles. The molecule has 0 aliphatic rings. The summed E-state index contributed by atoms with van der Waals surface area (Å²) in [6.45, 7) is 2.38. The van der Waals surface area contributed by atoms with Crippen LogP contribution in [0.3, 0.4) is 0 Å². The van der Waals surface area contributed by atoms with E-state index in [0.717, 1.165) is 11.4 Å². The minimum absolute atomic E-state index is 0.263. The molecule has 1 aromatic carbocycles. The van der Waals surface area contributed by atoms with Crippen molar-refractivity contribution < 1.29 is 9.13 Å². The van der Waals surface area contributed by atoms with Crippen molar-refractivity contribution >= 4 is 0 Å². The molecule has 0 fully saturated rings. The fourth-order valence-electron chi connectivity index (χ4n) is 1.39. The third kappa shape index (κ3) is 2.39. The largest absolute Gasteiger partial charge is 0.487 e. The van der Waals surface area contributed by atoms with E-state index in [1.807, 2.05) is 20.0 Å². The summed E-state index contributed by atoms with van der Waals surface area (Å²) in [4.78, 5) is 0. The Labute approximate surface area is 93.5 Å². The van der Waals surface area contributed by atoms with E-state index in [0.29, 0.717) is 12.4 Å². The Balaban J connectivity index is 1.99. The zero-order valence-electron chi connectivity index (χ0n) is 9.27. The van der Waals surface area contributed by atoms with Gasteiger partial charge in [0.15, 0.2) is 0 Å². The van der Waals surface area contributed by atoms with Gasteiger partial charge in [-0.2, -0.15) is 5.10 Å². The van der Waals surface area contributed by atoms with E-state index in [4.69, 9.17) is 4.74 Å². The third-order valence-electron chi connectivity index (χ3n) is 2.36. The van der Waals surface area contributed by atoms with Gasteiger partial charge in [0.1, 0.15) is 23.9 Å². The summed E-state index contributed by atoms with van der Waals surface area (Å²) in [7, 11) is 1.89. The van der Waals surface area contributed by atoms with Crippen LogP contribution in [-0.4, -0.2) is 9.78 Å². The Morgan fingerprint density at radius 2 is 2.00 bits per heavy atom. The first-order valence-electron chi connectivity index (χ1n) is 5.03. The molecular weight excluding hydrogens is 207 g/mol. The Bertz CT molecular complexity index is 457. The van der Waals surface area contributed by atoms with Crippen LogP contribution in [0.25, 0.3) is 0 Å². The highest BCUT2D eigenvalue weighted by molar-refractivity contribution is 5.22. The van der Waals surface area contributed by atoms with E-state index in [9.17, 15) is 4.39 Å². The zero-order valence-corrected chi connectivity index (χ0v) is 9.27. The zero-order chi connectivity index (χ0) is 11.5. The minimum atomic E-state index is -0.263. The molecule has 0 saturated carbocycles. The number of ether oxygens (including phenoxy) is 1. The lowest BCUT2D eigenvalue weighted by molar-refractivity contribution is 0.299. The van der Waals surface area contributed by atoms with E-state index >= 15 is 0 Å². The summed E-state index contributed by atoms with van der Waals surface area (Å²) in [6.07, 6.45) is 0. The van der Waals surface area contributed by atoms with Crippen LogP contribution in [0.2, 0.25) is 0 Å². The summed E-state index contributed by atoms with van der Waals surface area (Å²) < 4.78 is 19.9. The number of halogens is 1. The van der Waals surface area contributed by atoms with Crippen molar-refractivity contribution in [2.75, 3.05) is 0 Å². The molecule has 4 heteroatoms. The lowest BCUT2D eigenvalue weighted by Gasteiger charge is -2.03. The SMILES string of the molecule is Cc1cc(COc2ccc(F)cc2)nn1C. The molecule has 0 saturated heterocycles. The molecule has 16 heavy (non-hydrogen) atoms. The van der Waals surface area contributed by atoms with Crippen LogP contribution < -0.4 is 4.74 Å². The quantitative estimate of drug-likeness (QED) is 0.794. The van der Waals surface area contributed by atoms with Crippen LogP contribution in [0.5, 0.6) is 5.75 Å². The van der Waals surface area contributed by atoms with Crippen molar-refractivity contribution in [1.29, 1.82) is 0 Å². The molecule has 3 nitrogen and oxygen atoms in total. The van der Waals surface area contributed by atoms with Gasteiger partial charge in [-0.05, 0) is 37.3 Å². The smallest absolute Gasteiger partial charge is 0.132 e. The van der Waals surface area contributed by atoms with Gasteiger partial charge in [-0.15, -0.1) is 0 Å². The second-order valence-electron chi connectivity index (χ2n) is 3.64. The topological polar surface area (TPSA) is 27.1 Å². The van der Waals surface area contributed by atoms with E-state index in [-0.39, 0.29) is 5.82 Å². The second kappa shape index (κ2) is 4.35. The molecule has 0 spiro atoms. The first-order chi connectivity index (χ1) is 7.65. The van der Waals surface area contributed by atoms with E-state index in [2.05, 4.69) is 5.10 Å². The molecule has 0 atom stereocenters. The lowest BCUT2D eigenvalue weighted by Crippen LogP contribution is -1.98. The summed E-state index contributed by atoms with van der Waals surface area (Å²) in [6, 6.07) is 7.91. The van der Waals surface area contributed by atoms with Crippen LogP contribution in [0, 0.1) is 12.7 Å². The normalized spacial score (nSPS) is 10.4. The van der Waals surface area contributed by atoms with Gasteiger partial charge in [-0.3, -0.25) is 4.68 Å². The Morgan fingerprint density at radius 1 is 1.31 bits per heavy atom. The number of benzene rings is 1. The standard InChI is InChI=1S/C12H13FN2O/c1-9-7-11(14-15(9)2)8-16-12-5-3-10(13)4-6-12/h3-7H,8H2,1-2H3. The molecule has 84 valence electrons. The van der Waals surface area contributed by atoms with Crippen molar-refractivity contribution in [3.63, 3.8) is 0 Å². The Morgan fingerprint density at radius 3 is 2.56 bits per heavy atom. The van der Waals surface area contributed by atoms with Crippen LogP contribution in [0.1, 0.15) is 11.4 Å². The first kappa shape index (κ1) is 10.7. The molecule has 2 rings (SSSR count). The number of rotatable bonds is 3. The summed E-state index contributed by atoms with van der Waals surface area (Å²) in [5, 5.41) is 4.26. The van der Waals surface area contributed by atoms with Gasteiger partial charge in [0, 0.05) is 12.7 Å². The van der Waals surface area contributed by atoms with Gasteiger partial charge in [-0.1, -0.05) is 0 Å². The Kier molecular flexibility index (Phi) is 2.90. The maximum atomic E-state index is 12.6. The molecular formula is C12H13FN2O. The van der Waals surface area contributed by atoms with Crippen molar-refractivity contribution in [1.82, 2.24) is 9.78 Å². The van der Waals surface area contributed by atoms with E-state index < -0.39 is 0 Å². The van der Waals surface area contributed by atoms with Gasteiger partial charge in [0.05, 0.1) is 0 Å². The van der Waals surface area contributed by atoms with Crippen LogP contribution in [0.15, 0.2) is 30.3 Å². The lowest BCUT2D eigenvalue weighted by atomic mass is 10.3. The van der Waals surface area contributed by atoms with Crippen molar-refractivity contribution in [2.45, 2.75) is 13.5 Å². The van der Waals surface area contributed by atoms with E-state index in [1.165, 1.54) is 12.1 Å². The summed E-state index contributed by atoms with van der Waals surface area (Å²) >= 11 is 0. The monoisotopic (exact) mass is 220 g/mol. The number of nitrogens with zero attached hydrogens (tertiary/aromatic N) is 2. The fourth-order valence-corrected chi connectivity index (χ4v) is 1.39. The number of aromatic nitrogens is 2. The van der Waals surface area contributed by atoms with Gasteiger partial charge >= 0.3 is 0 Å². The molecule has 0 aliphatic carbocycles. The highest BCUT2D eigenvalue weighted by atomic mass is 19.1. The molecule has 0 aliphatic heterocycles. The summed E-state index contributed by atoms with van der Waals surface area (Å²) in [5.41, 5.74) is 1.95. The molecule has 0 radical (unpaired) electrons. The molecule has 0 N–H and O–H groups in total. The van der Waals surface area contributed by atoms with Crippen LogP contribution >= 0.6 is 0 Å². The van der Waals surface area contributed by atoms with Gasteiger partial charge in [0.2, 0.25) is 0 Å². The minimum Gasteiger partial charge on any atom is -0.487 e. The number of hydrogen-bond donors (Lipinski definition) is 0. The second-order valence-corrected chi connectivity index (χ2v) is 3.64. The van der Waals surface area contributed by atoms with Crippen LogP contribution in [0.4, 0.5) is 4.39 Å². The number of aryl methyl sites for hydroxylation is 2. The predicted molar refractivity (Wildman–Crippen MR) is 58.7 cm³/mol. The van der Waals surface area contributed by atoms with Gasteiger partial charge in [-0.25, -0.2) is 4.39 Å². The van der Waals surface area contributed by atoms with Gasteiger partial charge in [0.25, 0.3) is 0 Å². The maximum Gasteiger partial charge on any atom is 0.132 e. The molecule has 0 bridgehead atoms.